The van der Waals surface area contributed by atoms with E-state index in [9.17, 15) is 9.18 Å². The van der Waals surface area contributed by atoms with Crippen molar-refractivity contribution in [2.24, 2.45) is 0 Å². The van der Waals surface area contributed by atoms with Crippen LogP contribution < -0.4 is 5.56 Å². The Morgan fingerprint density at radius 3 is 2.92 bits per heavy atom. The Morgan fingerprint density at radius 2 is 2.12 bits per heavy atom. The quantitative estimate of drug-likeness (QED) is 0.582. The number of nitrogens with one attached hydrogen (secondary N) is 1. The smallest absolute Gasteiger partial charge is 0.275 e. The lowest BCUT2D eigenvalue weighted by Gasteiger charge is -2.14. The van der Waals surface area contributed by atoms with Gasteiger partial charge in [0.2, 0.25) is 4.96 Å². The summed E-state index contributed by atoms with van der Waals surface area (Å²) in [7, 11) is 1.92. The van der Waals surface area contributed by atoms with E-state index < -0.39 is 0 Å². The molecular formula is C17H17FN6OS. The fourth-order valence-corrected chi connectivity index (χ4v) is 3.68. The lowest BCUT2D eigenvalue weighted by molar-refractivity contribution is 0.308. The van der Waals surface area contributed by atoms with Crippen LogP contribution in [0.15, 0.2) is 29.1 Å². The van der Waals surface area contributed by atoms with Gasteiger partial charge in [-0.05, 0) is 31.7 Å². The van der Waals surface area contributed by atoms with Crippen LogP contribution in [0.5, 0.6) is 0 Å². The molecule has 0 aliphatic heterocycles. The number of aromatic amines is 1. The van der Waals surface area contributed by atoms with E-state index in [1.807, 2.05) is 18.9 Å². The van der Waals surface area contributed by atoms with Crippen LogP contribution in [0, 0.1) is 5.82 Å². The molecule has 0 radical (unpaired) electrons. The second kappa shape index (κ2) is 6.58. The number of benzene rings is 1. The zero-order valence-electron chi connectivity index (χ0n) is 14.4. The molecule has 0 amide bonds. The van der Waals surface area contributed by atoms with Crippen molar-refractivity contribution in [1.29, 1.82) is 0 Å². The van der Waals surface area contributed by atoms with Crippen molar-refractivity contribution in [3.8, 4) is 0 Å². The van der Waals surface area contributed by atoms with Gasteiger partial charge in [-0.25, -0.2) is 14.4 Å². The fraction of sp³-hybridized carbons (Fsp3) is 0.294. The van der Waals surface area contributed by atoms with Crippen LogP contribution in [-0.4, -0.2) is 36.5 Å². The third-order valence-electron chi connectivity index (χ3n) is 3.99. The standard InChI is InChI=1S/C17H17FN6OS/c1-3-15-22-24-16(25)7-11(19-17(24)26-15)8-23(2)9-14-20-12-5-4-10(18)6-13(12)21-14/h4-7H,3,8-9H2,1-2H3,(H,20,21). The van der Waals surface area contributed by atoms with Crippen LogP contribution in [0.25, 0.3) is 16.0 Å². The lowest BCUT2D eigenvalue weighted by atomic mass is 10.3. The molecule has 7 nitrogen and oxygen atoms in total. The van der Waals surface area contributed by atoms with Crippen molar-refractivity contribution >= 4 is 27.3 Å². The first-order chi connectivity index (χ1) is 12.5. The van der Waals surface area contributed by atoms with Crippen LogP contribution in [0.2, 0.25) is 0 Å². The average Bonchev–Trinajstić information content (AvgIpc) is 3.17. The predicted molar refractivity (Wildman–Crippen MR) is 97.7 cm³/mol. The molecule has 3 heterocycles. The fourth-order valence-electron chi connectivity index (χ4n) is 2.82. The highest BCUT2D eigenvalue weighted by Crippen LogP contribution is 2.15. The van der Waals surface area contributed by atoms with Crippen molar-refractivity contribution < 1.29 is 4.39 Å². The van der Waals surface area contributed by atoms with E-state index in [0.29, 0.717) is 29.3 Å². The van der Waals surface area contributed by atoms with E-state index in [-0.39, 0.29) is 11.4 Å². The van der Waals surface area contributed by atoms with Crippen LogP contribution >= 0.6 is 11.3 Å². The molecule has 0 bridgehead atoms. The molecule has 0 spiro atoms. The molecule has 1 aromatic carbocycles. The highest BCUT2D eigenvalue weighted by Gasteiger charge is 2.11. The van der Waals surface area contributed by atoms with Crippen LogP contribution in [0.1, 0.15) is 23.4 Å². The molecule has 134 valence electrons. The maximum atomic E-state index is 13.3. The summed E-state index contributed by atoms with van der Waals surface area (Å²) in [5.74, 6) is 0.437. The van der Waals surface area contributed by atoms with Gasteiger partial charge in [-0.1, -0.05) is 18.3 Å². The zero-order valence-corrected chi connectivity index (χ0v) is 15.2. The molecule has 0 atom stereocenters. The predicted octanol–water partition coefficient (Wildman–Crippen LogP) is 2.36. The zero-order chi connectivity index (χ0) is 18.3. The minimum Gasteiger partial charge on any atom is -0.341 e. The van der Waals surface area contributed by atoms with Gasteiger partial charge in [0, 0.05) is 12.6 Å². The SMILES string of the molecule is CCc1nn2c(=O)cc(CN(C)Cc3nc4ccc(F)cc4[nH]3)nc2s1. The van der Waals surface area contributed by atoms with E-state index in [2.05, 4.69) is 20.1 Å². The summed E-state index contributed by atoms with van der Waals surface area (Å²) in [5.41, 5.74) is 1.91. The second-order valence-electron chi connectivity index (χ2n) is 6.15. The summed E-state index contributed by atoms with van der Waals surface area (Å²) < 4.78 is 14.6. The Bertz CT molecular complexity index is 1150. The Morgan fingerprint density at radius 1 is 1.27 bits per heavy atom. The van der Waals surface area contributed by atoms with Gasteiger partial charge < -0.3 is 4.98 Å². The molecule has 1 N–H and O–H groups in total. The van der Waals surface area contributed by atoms with E-state index in [1.54, 1.807) is 6.07 Å². The minimum absolute atomic E-state index is 0.173. The molecule has 0 aliphatic carbocycles. The number of hydrogen-bond acceptors (Lipinski definition) is 6. The lowest BCUT2D eigenvalue weighted by Crippen LogP contribution is -2.22. The first-order valence-electron chi connectivity index (χ1n) is 8.23. The van der Waals surface area contributed by atoms with Crippen molar-refractivity contribution in [1.82, 2.24) is 29.5 Å². The Kier molecular flexibility index (Phi) is 4.25. The number of halogens is 1. The summed E-state index contributed by atoms with van der Waals surface area (Å²) in [4.78, 5) is 26.9. The molecule has 0 aliphatic rings. The first kappa shape index (κ1) is 16.8. The third-order valence-corrected chi connectivity index (χ3v) is 5.04. The van der Waals surface area contributed by atoms with Gasteiger partial charge in [-0.2, -0.15) is 9.61 Å². The van der Waals surface area contributed by atoms with Crippen molar-refractivity contribution in [2.45, 2.75) is 26.4 Å². The number of H-pyrrole nitrogens is 1. The number of nitrogens with zero attached hydrogens (tertiary/aromatic N) is 5. The Labute approximate surface area is 152 Å². The van der Waals surface area contributed by atoms with Crippen LogP contribution in [-0.2, 0) is 19.5 Å². The molecule has 0 saturated carbocycles. The molecule has 4 rings (SSSR count). The van der Waals surface area contributed by atoms with Gasteiger partial charge in [-0.3, -0.25) is 9.69 Å². The van der Waals surface area contributed by atoms with E-state index in [0.717, 1.165) is 22.8 Å². The molecule has 4 aromatic rings. The Balaban J connectivity index is 1.54. The van der Waals surface area contributed by atoms with Gasteiger partial charge in [0.25, 0.3) is 5.56 Å². The Hall–Kier alpha value is -2.65. The minimum atomic E-state index is -0.296. The van der Waals surface area contributed by atoms with Gasteiger partial charge in [0.1, 0.15) is 16.6 Å². The molecule has 0 saturated heterocycles. The monoisotopic (exact) mass is 372 g/mol. The first-order valence-corrected chi connectivity index (χ1v) is 9.05. The van der Waals surface area contributed by atoms with Crippen LogP contribution in [0.4, 0.5) is 4.39 Å². The summed E-state index contributed by atoms with van der Waals surface area (Å²) in [6, 6.07) is 5.98. The van der Waals surface area contributed by atoms with Gasteiger partial charge >= 0.3 is 0 Å². The summed E-state index contributed by atoms with van der Waals surface area (Å²) in [6.45, 7) is 3.02. The molecule has 9 heteroatoms. The van der Waals surface area contributed by atoms with Crippen LogP contribution in [0.3, 0.4) is 0 Å². The molecule has 26 heavy (non-hydrogen) atoms. The van der Waals surface area contributed by atoms with Gasteiger partial charge in [0.05, 0.1) is 23.3 Å². The topological polar surface area (TPSA) is 79.2 Å². The van der Waals surface area contributed by atoms with Crippen molar-refractivity contribution in [2.75, 3.05) is 7.05 Å². The highest BCUT2D eigenvalue weighted by molar-refractivity contribution is 7.16. The number of aryl methyl sites for hydroxylation is 1. The third kappa shape index (κ3) is 3.23. The van der Waals surface area contributed by atoms with E-state index >= 15 is 0 Å². The normalized spacial score (nSPS) is 11.8. The molecule has 0 fully saturated rings. The maximum Gasteiger partial charge on any atom is 0.275 e. The second-order valence-corrected chi connectivity index (χ2v) is 7.19. The molecular weight excluding hydrogens is 355 g/mol. The molecule has 3 aromatic heterocycles. The summed E-state index contributed by atoms with van der Waals surface area (Å²) >= 11 is 1.43. The van der Waals surface area contributed by atoms with E-state index in [1.165, 1.54) is 34.1 Å². The number of fused-ring (bicyclic) bond motifs is 2. The maximum absolute atomic E-state index is 13.3. The van der Waals surface area contributed by atoms with E-state index in [4.69, 9.17) is 0 Å². The van der Waals surface area contributed by atoms with Crippen molar-refractivity contribution in [3.05, 3.63) is 57.0 Å². The number of hydrogen-bond donors (Lipinski definition) is 1. The van der Waals surface area contributed by atoms with Gasteiger partial charge in [0.15, 0.2) is 0 Å². The highest BCUT2D eigenvalue weighted by atomic mass is 32.1. The average molecular weight is 372 g/mol. The number of aromatic nitrogens is 5. The van der Waals surface area contributed by atoms with Crippen molar-refractivity contribution in [3.63, 3.8) is 0 Å². The number of imidazole rings is 1. The summed E-state index contributed by atoms with van der Waals surface area (Å²) in [6.07, 6.45) is 0.773. The van der Waals surface area contributed by atoms with Gasteiger partial charge in [-0.15, -0.1) is 0 Å². The number of rotatable bonds is 5. The molecule has 0 unspecified atom stereocenters. The summed E-state index contributed by atoms with van der Waals surface area (Å²) in [5, 5.41) is 5.13. The largest absolute Gasteiger partial charge is 0.341 e.